The van der Waals surface area contributed by atoms with Gasteiger partial charge in [-0.3, -0.25) is 0 Å². The summed E-state index contributed by atoms with van der Waals surface area (Å²) in [5, 5.41) is 5.82. The van der Waals surface area contributed by atoms with Gasteiger partial charge in [0.15, 0.2) is 0 Å². The number of halogens is 1. The lowest BCUT2D eigenvalue weighted by Gasteiger charge is -2.05. The summed E-state index contributed by atoms with van der Waals surface area (Å²) in [5.74, 6) is 0. The van der Waals surface area contributed by atoms with E-state index >= 15 is 0 Å². The summed E-state index contributed by atoms with van der Waals surface area (Å²) in [4.78, 5) is 12.1. The first kappa shape index (κ1) is 13.3. The first-order valence-electron chi connectivity index (χ1n) is 5.08. The summed E-state index contributed by atoms with van der Waals surface area (Å²) >= 11 is 7.35. The lowest BCUT2D eigenvalue weighted by molar-refractivity contribution is 0.152. The van der Waals surface area contributed by atoms with Gasteiger partial charge in [0, 0.05) is 24.5 Å². The Kier molecular flexibility index (Phi) is 6.22. The number of hydrogen-bond acceptors (Lipinski definition) is 4. The van der Waals surface area contributed by atoms with E-state index < -0.39 is 0 Å². The molecule has 0 aliphatic rings. The fourth-order valence-corrected chi connectivity index (χ4v) is 2.15. The number of carbonyl (C=O) groups is 1. The summed E-state index contributed by atoms with van der Waals surface area (Å²) in [6, 6.07) is 3.86. The van der Waals surface area contributed by atoms with Crippen LogP contribution in [-0.2, 0) is 11.3 Å². The number of amides is 1. The molecule has 0 aliphatic heterocycles. The molecule has 0 aliphatic carbocycles. The molecular weight excluding hydrogens is 248 g/mol. The number of hydrogen-bond donors (Lipinski definition) is 2. The monoisotopic (exact) mass is 262 g/mol. The molecule has 0 unspecified atom stereocenters. The topological polar surface area (TPSA) is 50.4 Å². The minimum Gasteiger partial charge on any atom is -0.450 e. The molecular formula is C10H15ClN2O2S. The molecule has 1 aromatic rings. The molecule has 0 saturated carbocycles. The minimum absolute atomic E-state index is 0.372. The van der Waals surface area contributed by atoms with Crippen LogP contribution in [0.2, 0.25) is 4.34 Å². The molecule has 90 valence electrons. The second kappa shape index (κ2) is 7.49. The molecule has 0 atom stereocenters. The fraction of sp³-hybridized carbons (Fsp3) is 0.500. The number of rotatable bonds is 6. The molecule has 0 fully saturated rings. The fourth-order valence-electron chi connectivity index (χ4n) is 1.09. The Morgan fingerprint density at radius 2 is 2.31 bits per heavy atom. The maximum Gasteiger partial charge on any atom is 0.407 e. The molecule has 0 radical (unpaired) electrons. The number of ether oxygens (including phenoxy) is 1. The highest BCUT2D eigenvalue weighted by Gasteiger charge is 1.99. The van der Waals surface area contributed by atoms with Crippen molar-refractivity contribution in [2.45, 2.75) is 13.5 Å². The van der Waals surface area contributed by atoms with E-state index in [2.05, 4.69) is 10.6 Å². The van der Waals surface area contributed by atoms with Gasteiger partial charge in [-0.05, 0) is 19.1 Å². The van der Waals surface area contributed by atoms with E-state index in [-0.39, 0.29) is 6.09 Å². The zero-order valence-electron chi connectivity index (χ0n) is 9.09. The second-order valence-corrected chi connectivity index (χ2v) is 4.83. The molecule has 1 heterocycles. The van der Waals surface area contributed by atoms with Gasteiger partial charge in [-0.1, -0.05) is 11.6 Å². The van der Waals surface area contributed by atoms with Crippen molar-refractivity contribution < 1.29 is 9.53 Å². The van der Waals surface area contributed by atoms with E-state index in [0.29, 0.717) is 19.7 Å². The standard InChI is InChI=1S/C10H15ClN2O2S/c1-2-15-10(14)13-6-5-12-7-8-3-4-9(11)16-8/h3-4,12H,2,5-7H2,1H3,(H,13,14). The number of carbonyl (C=O) groups excluding carboxylic acids is 1. The summed E-state index contributed by atoms with van der Waals surface area (Å²) in [7, 11) is 0. The normalized spacial score (nSPS) is 10.1. The van der Waals surface area contributed by atoms with Crippen LogP contribution in [0.5, 0.6) is 0 Å². The highest BCUT2D eigenvalue weighted by Crippen LogP contribution is 2.20. The van der Waals surface area contributed by atoms with Gasteiger partial charge in [0.1, 0.15) is 0 Å². The first-order valence-corrected chi connectivity index (χ1v) is 6.27. The van der Waals surface area contributed by atoms with Crippen LogP contribution in [0.25, 0.3) is 0 Å². The average Bonchev–Trinajstić information content (AvgIpc) is 2.64. The molecule has 0 bridgehead atoms. The number of thiophene rings is 1. The lowest BCUT2D eigenvalue weighted by Crippen LogP contribution is -2.31. The van der Waals surface area contributed by atoms with E-state index in [1.807, 2.05) is 12.1 Å². The number of alkyl carbamates (subject to hydrolysis) is 1. The summed E-state index contributed by atoms with van der Waals surface area (Å²) in [6.45, 7) is 4.19. The van der Waals surface area contributed by atoms with E-state index in [1.165, 1.54) is 4.88 Å². The van der Waals surface area contributed by atoms with Crippen molar-refractivity contribution in [1.29, 1.82) is 0 Å². The van der Waals surface area contributed by atoms with Crippen LogP contribution in [0.3, 0.4) is 0 Å². The molecule has 6 heteroatoms. The second-order valence-electron chi connectivity index (χ2n) is 3.03. The Morgan fingerprint density at radius 3 is 2.94 bits per heavy atom. The van der Waals surface area contributed by atoms with Crippen LogP contribution in [0.4, 0.5) is 4.79 Å². The predicted molar refractivity (Wildman–Crippen MR) is 66.1 cm³/mol. The van der Waals surface area contributed by atoms with Gasteiger partial charge in [-0.2, -0.15) is 0 Å². The van der Waals surface area contributed by atoms with Gasteiger partial charge < -0.3 is 15.4 Å². The Morgan fingerprint density at radius 1 is 1.50 bits per heavy atom. The SMILES string of the molecule is CCOC(=O)NCCNCc1ccc(Cl)s1. The Balaban J connectivity index is 2.02. The molecule has 4 nitrogen and oxygen atoms in total. The largest absolute Gasteiger partial charge is 0.450 e. The number of nitrogens with one attached hydrogen (secondary N) is 2. The third-order valence-corrected chi connectivity index (χ3v) is 3.01. The van der Waals surface area contributed by atoms with Crippen molar-refractivity contribution in [3.05, 3.63) is 21.3 Å². The van der Waals surface area contributed by atoms with Crippen molar-refractivity contribution in [3.63, 3.8) is 0 Å². The van der Waals surface area contributed by atoms with Gasteiger partial charge in [0.2, 0.25) is 0 Å². The highest BCUT2D eigenvalue weighted by molar-refractivity contribution is 7.16. The third kappa shape index (κ3) is 5.34. The lowest BCUT2D eigenvalue weighted by atomic mass is 10.4. The van der Waals surface area contributed by atoms with Crippen LogP contribution < -0.4 is 10.6 Å². The van der Waals surface area contributed by atoms with Crippen LogP contribution in [0, 0.1) is 0 Å². The summed E-state index contributed by atoms with van der Waals surface area (Å²) < 4.78 is 5.51. The quantitative estimate of drug-likeness (QED) is 0.773. The third-order valence-electron chi connectivity index (χ3n) is 1.77. The van der Waals surface area contributed by atoms with Crippen LogP contribution in [0.15, 0.2) is 12.1 Å². The molecule has 0 saturated heterocycles. The van der Waals surface area contributed by atoms with Gasteiger partial charge in [-0.15, -0.1) is 11.3 Å². The van der Waals surface area contributed by atoms with E-state index in [0.717, 1.165) is 10.9 Å². The molecule has 1 aromatic heterocycles. The van der Waals surface area contributed by atoms with Crippen molar-refractivity contribution in [2.24, 2.45) is 0 Å². The van der Waals surface area contributed by atoms with E-state index in [4.69, 9.17) is 16.3 Å². The van der Waals surface area contributed by atoms with Crippen molar-refractivity contribution in [2.75, 3.05) is 19.7 Å². The van der Waals surface area contributed by atoms with Crippen molar-refractivity contribution in [3.8, 4) is 0 Å². The molecule has 16 heavy (non-hydrogen) atoms. The summed E-state index contributed by atoms with van der Waals surface area (Å²) in [6.07, 6.45) is -0.372. The average molecular weight is 263 g/mol. The van der Waals surface area contributed by atoms with Gasteiger partial charge >= 0.3 is 6.09 Å². The highest BCUT2D eigenvalue weighted by atomic mass is 35.5. The Labute approximate surface area is 104 Å². The zero-order chi connectivity index (χ0) is 11.8. The maximum absolute atomic E-state index is 10.9. The zero-order valence-corrected chi connectivity index (χ0v) is 10.7. The predicted octanol–water partition coefficient (Wildman–Crippen LogP) is 2.24. The Hall–Kier alpha value is -0.780. The first-order chi connectivity index (χ1) is 7.72. The van der Waals surface area contributed by atoms with E-state index in [1.54, 1.807) is 18.3 Å². The smallest absolute Gasteiger partial charge is 0.407 e. The van der Waals surface area contributed by atoms with Gasteiger partial charge in [0.25, 0.3) is 0 Å². The molecule has 1 rings (SSSR count). The van der Waals surface area contributed by atoms with Gasteiger partial charge in [-0.25, -0.2) is 4.79 Å². The molecule has 2 N–H and O–H groups in total. The maximum atomic E-state index is 10.9. The van der Waals surface area contributed by atoms with Crippen LogP contribution >= 0.6 is 22.9 Å². The van der Waals surface area contributed by atoms with Crippen LogP contribution in [-0.4, -0.2) is 25.8 Å². The van der Waals surface area contributed by atoms with Crippen molar-refractivity contribution >= 4 is 29.0 Å². The van der Waals surface area contributed by atoms with Crippen LogP contribution in [0.1, 0.15) is 11.8 Å². The summed E-state index contributed by atoms with van der Waals surface area (Å²) in [5.41, 5.74) is 0. The Bertz CT molecular complexity index is 330. The minimum atomic E-state index is -0.372. The van der Waals surface area contributed by atoms with E-state index in [9.17, 15) is 4.79 Å². The molecule has 1 amide bonds. The van der Waals surface area contributed by atoms with Gasteiger partial charge in [0.05, 0.1) is 10.9 Å². The van der Waals surface area contributed by atoms with Crippen molar-refractivity contribution in [1.82, 2.24) is 10.6 Å². The molecule has 0 aromatic carbocycles. The molecule has 0 spiro atoms.